The highest BCUT2D eigenvalue weighted by Gasteiger charge is 2.16. The lowest BCUT2D eigenvalue weighted by Gasteiger charge is -2.23. The van der Waals surface area contributed by atoms with Gasteiger partial charge >= 0.3 is 0 Å². The van der Waals surface area contributed by atoms with E-state index in [1.807, 2.05) is 42.5 Å². The molecule has 0 saturated carbocycles. The number of nitrogens with zero attached hydrogens (tertiary/aromatic N) is 3. The Morgan fingerprint density at radius 3 is 3.08 bits per heavy atom. The van der Waals surface area contributed by atoms with Crippen LogP contribution in [0.15, 0.2) is 53.1 Å². The average molecular weight is 350 g/mol. The molecule has 132 valence electrons. The molecule has 1 N–H and O–H groups in total. The van der Waals surface area contributed by atoms with Gasteiger partial charge in [-0.05, 0) is 18.2 Å². The molecule has 0 bridgehead atoms. The van der Waals surface area contributed by atoms with Crippen molar-refractivity contribution in [2.45, 2.75) is 6.10 Å². The first-order valence-corrected chi connectivity index (χ1v) is 8.66. The van der Waals surface area contributed by atoms with Crippen LogP contribution >= 0.6 is 0 Å². The van der Waals surface area contributed by atoms with Crippen LogP contribution < -0.4 is 10.1 Å². The molecule has 0 unspecified atom stereocenters. The van der Waals surface area contributed by atoms with Crippen molar-refractivity contribution in [3.63, 3.8) is 0 Å². The van der Waals surface area contributed by atoms with Crippen LogP contribution in [-0.4, -0.2) is 47.0 Å². The maximum Gasteiger partial charge on any atom is 0.231 e. The lowest BCUT2D eigenvalue weighted by Crippen LogP contribution is -2.41. The van der Waals surface area contributed by atoms with E-state index in [-0.39, 0.29) is 6.10 Å². The minimum atomic E-state index is 0.0406. The molecular formula is C19H18N4O3. The van der Waals surface area contributed by atoms with Gasteiger partial charge in [0.2, 0.25) is 5.88 Å². The number of fused-ring (bicyclic) bond motifs is 2. The highest BCUT2D eigenvalue weighted by Crippen LogP contribution is 2.28. The Morgan fingerprint density at radius 2 is 2.19 bits per heavy atom. The lowest BCUT2D eigenvalue weighted by atomic mass is 10.2. The molecule has 1 aliphatic heterocycles. The summed E-state index contributed by atoms with van der Waals surface area (Å²) in [6.07, 6.45) is 1.80. The maximum absolute atomic E-state index is 5.95. The zero-order valence-electron chi connectivity index (χ0n) is 14.1. The molecule has 1 atom stereocenters. The molecule has 0 spiro atoms. The largest absolute Gasteiger partial charge is 0.474 e. The SMILES string of the molecule is c1ccc2oc(-c3cnc4ccc(OC[C@H]5CNCCO5)nn34)cc2c1. The molecule has 1 aliphatic rings. The first kappa shape index (κ1) is 15.4. The summed E-state index contributed by atoms with van der Waals surface area (Å²) in [5.41, 5.74) is 2.37. The highest BCUT2D eigenvalue weighted by atomic mass is 16.5. The van der Waals surface area contributed by atoms with E-state index in [2.05, 4.69) is 15.4 Å². The van der Waals surface area contributed by atoms with Crippen LogP contribution in [0, 0.1) is 0 Å². The molecule has 26 heavy (non-hydrogen) atoms. The molecule has 3 aromatic heterocycles. The van der Waals surface area contributed by atoms with Crippen LogP contribution in [0.1, 0.15) is 0 Å². The van der Waals surface area contributed by atoms with Gasteiger partial charge in [0.15, 0.2) is 11.4 Å². The Hall–Kier alpha value is -2.90. The van der Waals surface area contributed by atoms with E-state index >= 15 is 0 Å². The van der Waals surface area contributed by atoms with E-state index in [9.17, 15) is 0 Å². The molecule has 1 fully saturated rings. The topological polar surface area (TPSA) is 73.8 Å². The summed E-state index contributed by atoms with van der Waals surface area (Å²) in [7, 11) is 0. The molecular weight excluding hydrogens is 332 g/mol. The number of furan rings is 1. The number of benzene rings is 1. The number of hydrogen-bond acceptors (Lipinski definition) is 6. The Morgan fingerprint density at radius 1 is 1.23 bits per heavy atom. The van der Waals surface area contributed by atoms with E-state index < -0.39 is 0 Å². The second-order valence-electron chi connectivity index (χ2n) is 6.24. The van der Waals surface area contributed by atoms with Crippen molar-refractivity contribution in [2.75, 3.05) is 26.3 Å². The van der Waals surface area contributed by atoms with Crippen molar-refractivity contribution in [2.24, 2.45) is 0 Å². The van der Waals surface area contributed by atoms with E-state index in [4.69, 9.17) is 13.9 Å². The van der Waals surface area contributed by atoms with Gasteiger partial charge in [-0.25, -0.2) is 9.50 Å². The van der Waals surface area contributed by atoms with Gasteiger partial charge in [-0.3, -0.25) is 0 Å². The zero-order valence-corrected chi connectivity index (χ0v) is 14.1. The summed E-state index contributed by atoms with van der Waals surface area (Å²) in [5.74, 6) is 1.25. The fourth-order valence-electron chi connectivity index (χ4n) is 3.11. The van der Waals surface area contributed by atoms with Gasteiger partial charge < -0.3 is 19.2 Å². The summed E-state index contributed by atoms with van der Waals surface area (Å²) in [5, 5.41) is 8.90. The number of hydrogen-bond donors (Lipinski definition) is 1. The van der Waals surface area contributed by atoms with Crippen LogP contribution in [0.5, 0.6) is 5.88 Å². The highest BCUT2D eigenvalue weighted by molar-refractivity contribution is 5.82. The third-order valence-corrected chi connectivity index (χ3v) is 4.44. The van der Waals surface area contributed by atoms with Crippen molar-refractivity contribution < 1.29 is 13.9 Å². The number of nitrogens with one attached hydrogen (secondary N) is 1. The summed E-state index contributed by atoms with van der Waals surface area (Å²) in [4.78, 5) is 4.41. The molecule has 7 nitrogen and oxygen atoms in total. The zero-order chi connectivity index (χ0) is 17.3. The lowest BCUT2D eigenvalue weighted by molar-refractivity contribution is -0.000968. The third-order valence-electron chi connectivity index (χ3n) is 4.44. The van der Waals surface area contributed by atoms with Crippen LogP contribution in [-0.2, 0) is 4.74 Å². The van der Waals surface area contributed by atoms with Crippen LogP contribution in [0.4, 0.5) is 0 Å². The molecule has 4 aromatic rings. The first-order chi connectivity index (χ1) is 12.9. The van der Waals surface area contributed by atoms with Gasteiger partial charge in [-0.1, -0.05) is 18.2 Å². The number of morpholine rings is 1. The Labute approximate surface area is 149 Å². The maximum atomic E-state index is 5.95. The monoisotopic (exact) mass is 350 g/mol. The second-order valence-corrected chi connectivity index (χ2v) is 6.24. The summed E-state index contributed by atoms with van der Waals surface area (Å²) in [6, 6.07) is 13.6. The molecule has 7 heteroatoms. The minimum Gasteiger partial charge on any atom is -0.474 e. The molecule has 1 saturated heterocycles. The molecule has 5 rings (SSSR count). The molecule has 0 amide bonds. The predicted molar refractivity (Wildman–Crippen MR) is 96.3 cm³/mol. The number of imidazole rings is 1. The van der Waals surface area contributed by atoms with Crippen molar-refractivity contribution in [1.82, 2.24) is 19.9 Å². The average Bonchev–Trinajstić information content (AvgIpc) is 3.30. The number of para-hydroxylation sites is 1. The molecule has 0 aliphatic carbocycles. The number of rotatable bonds is 4. The van der Waals surface area contributed by atoms with Crippen LogP contribution in [0.25, 0.3) is 28.1 Å². The van der Waals surface area contributed by atoms with E-state index in [0.717, 1.165) is 41.2 Å². The van der Waals surface area contributed by atoms with Crippen LogP contribution in [0.2, 0.25) is 0 Å². The number of ether oxygens (including phenoxy) is 2. The normalized spacial score (nSPS) is 17.8. The smallest absolute Gasteiger partial charge is 0.231 e. The first-order valence-electron chi connectivity index (χ1n) is 8.66. The molecule has 0 radical (unpaired) electrons. The fraction of sp³-hybridized carbons (Fsp3) is 0.263. The Balaban J connectivity index is 1.44. The van der Waals surface area contributed by atoms with Crippen LogP contribution in [0.3, 0.4) is 0 Å². The molecule has 1 aromatic carbocycles. The van der Waals surface area contributed by atoms with E-state index in [1.165, 1.54) is 0 Å². The summed E-state index contributed by atoms with van der Waals surface area (Å²) >= 11 is 0. The van der Waals surface area contributed by atoms with E-state index in [1.54, 1.807) is 10.7 Å². The van der Waals surface area contributed by atoms with E-state index in [0.29, 0.717) is 19.1 Å². The fourth-order valence-corrected chi connectivity index (χ4v) is 3.11. The van der Waals surface area contributed by atoms with Gasteiger partial charge in [-0.2, -0.15) is 0 Å². The summed E-state index contributed by atoms with van der Waals surface area (Å²) < 4.78 is 19.2. The van der Waals surface area contributed by atoms with Gasteiger partial charge in [-0.15, -0.1) is 5.10 Å². The van der Waals surface area contributed by atoms with Gasteiger partial charge in [0.05, 0.1) is 12.8 Å². The van der Waals surface area contributed by atoms with Crippen molar-refractivity contribution in [3.8, 4) is 17.3 Å². The van der Waals surface area contributed by atoms with Gasteiger partial charge in [0.1, 0.15) is 24.0 Å². The van der Waals surface area contributed by atoms with Gasteiger partial charge in [0.25, 0.3) is 0 Å². The van der Waals surface area contributed by atoms with Crippen molar-refractivity contribution in [1.29, 1.82) is 0 Å². The summed E-state index contributed by atoms with van der Waals surface area (Å²) in [6.45, 7) is 2.84. The molecule has 4 heterocycles. The Bertz CT molecular complexity index is 1020. The van der Waals surface area contributed by atoms with Crippen molar-refractivity contribution in [3.05, 3.63) is 48.7 Å². The second kappa shape index (κ2) is 6.44. The third kappa shape index (κ3) is 2.81. The quantitative estimate of drug-likeness (QED) is 0.610. The van der Waals surface area contributed by atoms with Gasteiger partial charge in [0, 0.05) is 24.5 Å². The minimum absolute atomic E-state index is 0.0406. The predicted octanol–water partition coefficient (Wildman–Crippen LogP) is 2.51. The Kier molecular flexibility index (Phi) is 3.80. The van der Waals surface area contributed by atoms with Crippen molar-refractivity contribution >= 4 is 16.6 Å². The number of aromatic nitrogens is 3. The standard InChI is InChI=1S/C19H18N4O3/c1-2-4-16-13(3-1)9-17(26-16)15-11-21-18-5-6-19(22-23(15)18)25-12-14-10-20-7-8-24-14/h1-6,9,11,14,20H,7-8,10,12H2/t14-/m1/s1.